The number of carbonyl (C=O) groups is 3. The molecule has 0 saturated heterocycles. The number of nitrogens with one attached hydrogen (secondary N) is 1. The molecule has 3 amide bonds. The predicted octanol–water partition coefficient (Wildman–Crippen LogP) is 1.83. The van der Waals surface area contributed by atoms with Crippen molar-refractivity contribution in [1.29, 1.82) is 0 Å². The Morgan fingerprint density at radius 3 is 2.52 bits per heavy atom. The molecule has 1 aliphatic heterocycles. The lowest BCUT2D eigenvalue weighted by Crippen LogP contribution is -2.42. The standard InChI is InChI=1S/C20H20ClN3O6S/c1-12(18(25)23-20(22)27)30-19(26)16-10-15(6-7-17(16)21)31(28,29)24-9-8-13-4-2-3-5-14(13)11-24/h2-7,10,12H,8-9,11H2,1H3,(H3,22,23,25,27). The Kier molecular flexibility index (Phi) is 6.63. The van der Waals surface area contributed by atoms with Crippen molar-refractivity contribution in [2.24, 2.45) is 5.73 Å². The zero-order valence-electron chi connectivity index (χ0n) is 16.5. The molecule has 3 N–H and O–H groups in total. The summed E-state index contributed by atoms with van der Waals surface area (Å²) in [5, 5.41) is 1.74. The van der Waals surface area contributed by atoms with E-state index in [1.165, 1.54) is 23.4 Å². The number of hydrogen-bond donors (Lipinski definition) is 2. The number of nitrogens with zero attached hydrogens (tertiary/aromatic N) is 1. The quantitative estimate of drug-likeness (QED) is 0.646. The molecule has 9 nitrogen and oxygen atoms in total. The van der Waals surface area contributed by atoms with Crippen LogP contribution in [0.1, 0.15) is 28.4 Å². The van der Waals surface area contributed by atoms with E-state index in [-0.39, 0.29) is 22.0 Å². The lowest BCUT2D eigenvalue weighted by atomic mass is 10.0. The van der Waals surface area contributed by atoms with Crippen molar-refractivity contribution >= 4 is 39.5 Å². The maximum absolute atomic E-state index is 13.2. The fraction of sp³-hybridized carbons (Fsp3) is 0.250. The van der Waals surface area contributed by atoms with Crippen molar-refractivity contribution in [3.63, 3.8) is 0 Å². The fourth-order valence-corrected chi connectivity index (χ4v) is 4.79. The van der Waals surface area contributed by atoms with Gasteiger partial charge in [-0.25, -0.2) is 18.0 Å². The molecule has 164 valence electrons. The number of hydrogen-bond acceptors (Lipinski definition) is 6. The van der Waals surface area contributed by atoms with Crippen LogP contribution in [-0.2, 0) is 32.5 Å². The Balaban J connectivity index is 1.82. The number of carbonyl (C=O) groups excluding carboxylic acids is 3. The molecule has 1 atom stereocenters. The van der Waals surface area contributed by atoms with Gasteiger partial charge >= 0.3 is 12.0 Å². The molecule has 0 saturated carbocycles. The van der Waals surface area contributed by atoms with Crippen molar-refractivity contribution < 1.29 is 27.5 Å². The first kappa shape index (κ1) is 22.7. The summed E-state index contributed by atoms with van der Waals surface area (Å²) < 4.78 is 32.6. The summed E-state index contributed by atoms with van der Waals surface area (Å²) in [6, 6.07) is 10.2. The van der Waals surface area contributed by atoms with Gasteiger partial charge in [-0.1, -0.05) is 35.9 Å². The highest BCUT2D eigenvalue weighted by Gasteiger charge is 2.30. The van der Waals surface area contributed by atoms with Gasteiger partial charge in [-0.2, -0.15) is 4.31 Å². The zero-order chi connectivity index (χ0) is 22.8. The molecular weight excluding hydrogens is 446 g/mol. The number of benzene rings is 2. The summed E-state index contributed by atoms with van der Waals surface area (Å²) in [5.41, 5.74) is 6.65. The number of amides is 3. The summed E-state index contributed by atoms with van der Waals surface area (Å²) in [6.45, 7) is 1.74. The third-order valence-electron chi connectivity index (χ3n) is 4.79. The van der Waals surface area contributed by atoms with Crippen LogP contribution >= 0.6 is 11.6 Å². The summed E-state index contributed by atoms with van der Waals surface area (Å²) in [7, 11) is -3.91. The Morgan fingerprint density at radius 2 is 1.84 bits per heavy atom. The molecule has 0 aromatic heterocycles. The van der Waals surface area contributed by atoms with Crippen LogP contribution in [0.25, 0.3) is 0 Å². The Hall–Kier alpha value is -2.95. The highest BCUT2D eigenvalue weighted by atomic mass is 35.5. The second kappa shape index (κ2) is 9.04. The molecule has 2 aromatic rings. The molecule has 3 rings (SSSR count). The van der Waals surface area contributed by atoms with E-state index in [4.69, 9.17) is 22.1 Å². The van der Waals surface area contributed by atoms with E-state index < -0.39 is 34.0 Å². The van der Waals surface area contributed by atoms with Crippen LogP contribution in [0.4, 0.5) is 4.79 Å². The summed E-state index contributed by atoms with van der Waals surface area (Å²) in [4.78, 5) is 34.8. The summed E-state index contributed by atoms with van der Waals surface area (Å²) in [6.07, 6.45) is -0.778. The Morgan fingerprint density at radius 1 is 1.16 bits per heavy atom. The number of imide groups is 1. The number of urea groups is 1. The molecule has 0 spiro atoms. The molecule has 1 aliphatic rings. The van der Waals surface area contributed by atoms with Crippen LogP contribution in [0.3, 0.4) is 0 Å². The number of sulfonamides is 1. The first-order valence-electron chi connectivity index (χ1n) is 9.27. The maximum Gasteiger partial charge on any atom is 0.340 e. The predicted molar refractivity (Wildman–Crippen MR) is 112 cm³/mol. The van der Waals surface area contributed by atoms with Gasteiger partial charge in [0.25, 0.3) is 5.91 Å². The summed E-state index contributed by atoms with van der Waals surface area (Å²) >= 11 is 6.06. The van der Waals surface area contributed by atoms with E-state index in [1.54, 1.807) is 5.32 Å². The highest BCUT2D eigenvalue weighted by Crippen LogP contribution is 2.28. The lowest BCUT2D eigenvalue weighted by Gasteiger charge is -2.28. The summed E-state index contributed by atoms with van der Waals surface area (Å²) in [5.74, 6) is -1.94. The molecule has 11 heteroatoms. The van der Waals surface area contributed by atoms with E-state index in [9.17, 15) is 22.8 Å². The van der Waals surface area contributed by atoms with Gasteiger partial charge in [0.1, 0.15) is 0 Å². The van der Waals surface area contributed by atoms with Crippen molar-refractivity contribution in [3.8, 4) is 0 Å². The Labute approximate surface area is 184 Å². The van der Waals surface area contributed by atoms with Crippen LogP contribution in [0.15, 0.2) is 47.4 Å². The molecule has 31 heavy (non-hydrogen) atoms. The first-order chi connectivity index (χ1) is 14.6. The van der Waals surface area contributed by atoms with Crippen molar-refractivity contribution in [1.82, 2.24) is 9.62 Å². The molecular formula is C20H20ClN3O6S. The molecule has 1 heterocycles. The maximum atomic E-state index is 13.2. The lowest BCUT2D eigenvalue weighted by molar-refractivity contribution is -0.127. The van der Waals surface area contributed by atoms with E-state index in [0.29, 0.717) is 13.0 Å². The van der Waals surface area contributed by atoms with E-state index in [2.05, 4.69) is 0 Å². The molecule has 0 bridgehead atoms. The Bertz CT molecular complexity index is 1150. The number of esters is 1. The monoisotopic (exact) mass is 465 g/mol. The van der Waals surface area contributed by atoms with Gasteiger partial charge in [-0.05, 0) is 42.7 Å². The van der Waals surface area contributed by atoms with E-state index >= 15 is 0 Å². The number of halogens is 1. The van der Waals surface area contributed by atoms with Crippen molar-refractivity contribution in [2.75, 3.05) is 6.54 Å². The van der Waals surface area contributed by atoms with Gasteiger partial charge < -0.3 is 10.5 Å². The minimum atomic E-state index is -3.91. The van der Waals surface area contributed by atoms with Gasteiger partial charge in [0.05, 0.1) is 15.5 Å². The first-order valence-corrected chi connectivity index (χ1v) is 11.1. The molecule has 0 aliphatic carbocycles. The minimum absolute atomic E-state index is 0.0459. The number of fused-ring (bicyclic) bond motifs is 1. The number of rotatable bonds is 5. The van der Waals surface area contributed by atoms with Crippen LogP contribution in [-0.4, -0.2) is 43.3 Å². The smallest absolute Gasteiger partial charge is 0.340 e. The molecule has 0 radical (unpaired) electrons. The van der Waals surface area contributed by atoms with Gasteiger partial charge in [0, 0.05) is 13.1 Å². The third-order valence-corrected chi connectivity index (χ3v) is 6.96. The third kappa shape index (κ3) is 5.04. The molecule has 1 unspecified atom stereocenters. The minimum Gasteiger partial charge on any atom is -0.449 e. The fourth-order valence-electron chi connectivity index (χ4n) is 3.15. The van der Waals surface area contributed by atoms with Crippen LogP contribution < -0.4 is 11.1 Å². The average Bonchev–Trinajstić information content (AvgIpc) is 2.72. The van der Waals surface area contributed by atoms with Gasteiger partial charge in [-0.15, -0.1) is 0 Å². The van der Waals surface area contributed by atoms with Gasteiger partial charge in [-0.3, -0.25) is 10.1 Å². The highest BCUT2D eigenvalue weighted by molar-refractivity contribution is 7.89. The SMILES string of the molecule is CC(OC(=O)c1cc(S(=O)(=O)N2CCc3ccccc3C2)ccc1Cl)C(=O)NC(N)=O. The second-order valence-corrected chi connectivity index (χ2v) is 9.25. The van der Waals surface area contributed by atoms with Crippen molar-refractivity contribution in [3.05, 3.63) is 64.2 Å². The number of ether oxygens (including phenoxy) is 1. The van der Waals surface area contributed by atoms with Crippen LogP contribution in [0, 0.1) is 0 Å². The topological polar surface area (TPSA) is 136 Å². The largest absolute Gasteiger partial charge is 0.449 e. The normalized spacial score (nSPS) is 14.9. The van der Waals surface area contributed by atoms with E-state index in [1.807, 2.05) is 24.3 Å². The number of primary amides is 1. The number of nitrogens with two attached hydrogens (primary N) is 1. The van der Waals surface area contributed by atoms with E-state index in [0.717, 1.165) is 17.2 Å². The van der Waals surface area contributed by atoms with Gasteiger partial charge in [0.2, 0.25) is 10.0 Å². The zero-order valence-corrected chi connectivity index (χ0v) is 18.1. The average molecular weight is 466 g/mol. The van der Waals surface area contributed by atoms with Crippen LogP contribution in [0.2, 0.25) is 5.02 Å². The van der Waals surface area contributed by atoms with Crippen LogP contribution in [0.5, 0.6) is 0 Å². The van der Waals surface area contributed by atoms with Crippen molar-refractivity contribution in [2.45, 2.75) is 30.9 Å². The molecule has 2 aromatic carbocycles. The van der Waals surface area contributed by atoms with Gasteiger partial charge in [0.15, 0.2) is 6.10 Å². The molecule has 0 fully saturated rings. The second-order valence-electron chi connectivity index (χ2n) is 6.90.